The van der Waals surface area contributed by atoms with Gasteiger partial charge in [-0.05, 0) is 71.1 Å². The van der Waals surface area contributed by atoms with Crippen molar-refractivity contribution in [3.8, 4) is 0 Å². The fourth-order valence-corrected chi connectivity index (χ4v) is 3.62. The second kappa shape index (κ2) is 6.78. The highest BCUT2D eigenvalue weighted by Gasteiger charge is 2.34. The molecule has 6 heteroatoms. The second-order valence-corrected chi connectivity index (χ2v) is 7.32. The number of anilines is 1. The molecule has 22 heavy (non-hydrogen) atoms. The monoisotopic (exact) mass is 426 g/mol. The lowest BCUT2D eigenvalue weighted by Gasteiger charge is -2.23. The Hall–Kier alpha value is -1.41. The molecular formula is C16H15IN2O2S. The maximum atomic E-state index is 12.5. The van der Waals surface area contributed by atoms with Gasteiger partial charge in [-0.25, -0.2) is 0 Å². The molecule has 4 nitrogen and oxygen atoms in total. The van der Waals surface area contributed by atoms with E-state index in [4.69, 9.17) is 0 Å². The van der Waals surface area contributed by atoms with Crippen molar-refractivity contribution in [2.75, 3.05) is 11.9 Å². The van der Waals surface area contributed by atoms with Gasteiger partial charge in [-0.3, -0.25) is 9.59 Å². The van der Waals surface area contributed by atoms with Gasteiger partial charge in [0, 0.05) is 15.8 Å². The Labute approximate surface area is 146 Å². The number of carbonyl (C=O) groups is 2. The Bertz CT molecular complexity index is 670. The van der Waals surface area contributed by atoms with Gasteiger partial charge in [0.2, 0.25) is 5.91 Å². The van der Waals surface area contributed by atoms with Crippen LogP contribution in [0.4, 0.5) is 5.69 Å². The summed E-state index contributed by atoms with van der Waals surface area (Å²) in [5.41, 5.74) is 0.765. The summed E-state index contributed by atoms with van der Waals surface area (Å²) in [5, 5.41) is 4.79. The van der Waals surface area contributed by atoms with E-state index in [1.165, 1.54) is 11.3 Å². The van der Waals surface area contributed by atoms with Crippen LogP contribution in [0.1, 0.15) is 22.5 Å². The van der Waals surface area contributed by atoms with Gasteiger partial charge in [-0.2, -0.15) is 0 Å². The van der Waals surface area contributed by atoms with Gasteiger partial charge in [0.15, 0.2) is 0 Å². The quantitative estimate of drug-likeness (QED) is 0.763. The van der Waals surface area contributed by atoms with Crippen LogP contribution in [0.2, 0.25) is 0 Å². The maximum Gasteiger partial charge on any atom is 0.264 e. The first kappa shape index (κ1) is 15.5. The smallest absolute Gasteiger partial charge is 0.264 e. The lowest BCUT2D eigenvalue weighted by Crippen LogP contribution is -2.42. The predicted octanol–water partition coefficient (Wildman–Crippen LogP) is 3.60. The van der Waals surface area contributed by atoms with Gasteiger partial charge in [-0.1, -0.05) is 6.07 Å². The van der Waals surface area contributed by atoms with Crippen LogP contribution in [0.5, 0.6) is 0 Å². The summed E-state index contributed by atoms with van der Waals surface area (Å²) in [7, 11) is 0. The van der Waals surface area contributed by atoms with E-state index in [1.807, 2.05) is 35.7 Å². The van der Waals surface area contributed by atoms with E-state index in [0.29, 0.717) is 17.8 Å². The minimum Gasteiger partial charge on any atom is -0.326 e. The Balaban J connectivity index is 1.71. The maximum absolute atomic E-state index is 12.5. The van der Waals surface area contributed by atoms with Gasteiger partial charge in [-0.15, -0.1) is 11.3 Å². The van der Waals surface area contributed by atoms with Gasteiger partial charge >= 0.3 is 0 Å². The molecule has 1 aromatic heterocycles. The first-order chi connectivity index (χ1) is 10.6. The summed E-state index contributed by atoms with van der Waals surface area (Å²) in [6, 6.07) is 10.9. The van der Waals surface area contributed by atoms with Crippen molar-refractivity contribution >= 4 is 51.4 Å². The first-order valence-electron chi connectivity index (χ1n) is 7.06. The van der Waals surface area contributed by atoms with E-state index < -0.39 is 0 Å². The number of rotatable bonds is 3. The second-order valence-electron chi connectivity index (χ2n) is 5.13. The van der Waals surface area contributed by atoms with Crippen LogP contribution >= 0.6 is 33.9 Å². The molecule has 0 radical (unpaired) electrons. The third-order valence-electron chi connectivity index (χ3n) is 3.66. The minimum atomic E-state index is -0.381. The van der Waals surface area contributed by atoms with E-state index >= 15 is 0 Å². The summed E-state index contributed by atoms with van der Waals surface area (Å²) in [5.74, 6) is -0.154. The molecule has 0 bridgehead atoms. The summed E-state index contributed by atoms with van der Waals surface area (Å²) < 4.78 is 1.12. The molecule has 1 aromatic carbocycles. The number of thiophene rings is 1. The number of hydrogen-bond acceptors (Lipinski definition) is 3. The summed E-state index contributed by atoms with van der Waals surface area (Å²) in [6.45, 7) is 0.640. The van der Waals surface area contributed by atoms with E-state index in [-0.39, 0.29) is 17.9 Å². The molecule has 1 fully saturated rings. The van der Waals surface area contributed by atoms with Crippen LogP contribution in [0.25, 0.3) is 0 Å². The van der Waals surface area contributed by atoms with E-state index in [1.54, 1.807) is 11.0 Å². The van der Waals surface area contributed by atoms with Crippen molar-refractivity contribution in [2.45, 2.75) is 18.9 Å². The predicted molar refractivity (Wildman–Crippen MR) is 96.2 cm³/mol. The highest BCUT2D eigenvalue weighted by Crippen LogP contribution is 2.23. The zero-order chi connectivity index (χ0) is 15.5. The molecule has 2 amide bonds. The van der Waals surface area contributed by atoms with Crippen LogP contribution in [-0.4, -0.2) is 29.3 Å². The molecule has 2 heterocycles. The number of carbonyl (C=O) groups excluding carboxylic acids is 2. The molecule has 3 rings (SSSR count). The Morgan fingerprint density at radius 2 is 2.00 bits per heavy atom. The largest absolute Gasteiger partial charge is 0.326 e. The van der Waals surface area contributed by atoms with E-state index in [2.05, 4.69) is 27.9 Å². The molecule has 114 valence electrons. The average Bonchev–Trinajstić information content (AvgIpc) is 3.20. The van der Waals surface area contributed by atoms with Crippen molar-refractivity contribution in [3.05, 3.63) is 50.2 Å². The van der Waals surface area contributed by atoms with E-state index in [9.17, 15) is 9.59 Å². The van der Waals surface area contributed by atoms with E-state index in [0.717, 1.165) is 15.7 Å². The van der Waals surface area contributed by atoms with Crippen LogP contribution in [-0.2, 0) is 4.79 Å². The van der Waals surface area contributed by atoms with Crippen molar-refractivity contribution < 1.29 is 9.59 Å². The zero-order valence-electron chi connectivity index (χ0n) is 11.8. The SMILES string of the molecule is O=C(Nc1ccc(I)cc1)C1CCCN1C(=O)c1cccs1. The number of halogens is 1. The standard InChI is InChI=1S/C16H15IN2O2S/c17-11-5-7-12(8-6-11)18-15(20)13-3-1-9-19(13)16(21)14-4-2-10-22-14/h2,4-8,10,13H,1,3,9H2,(H,18,20). The molecule has 0 aliphatic carbocycles. The van der Waals surface area contributed by atoms with Crippen LogP contribution in [0.3, 0.4) is 0 Å². The normalized spacial score (nSPS) is 17.5. The number of likely N-dealkylation sites (tertiary alicyclic amines) is 1. The minimum absolute atomic E-state index is 0.0461. The molecular weight excluding hydrogens is 411 g/mol. The number of nitrogens with one attached hydrogen (secondary N) is 1. The Morgan fingerprint density at radius 3 is 2.68 bits per heavy atom. The van der Waals surface area contributed by atoms with Crippen LogP contribution < -0.4 is 5.32 Å². The zero-order valence-corrected chi connectivity index (χ0v) is 14.8. The molecule has 1 aliphatic rings. The van der Waals surface area contributed by atoms with Crippen LogP contribution in [0.15, 0.2) is 41.8 Å². The Morgan fingerprint density at radius 1 is 1.23 bits per heavy atom. The van der Waals surface area contributed by atoms with Gasteiger partial charge < -0.3 is 10.2 Å². The molecule has 1 atom stereocenters. The number of amides is 2. The van der Waals surface area contributed by atoms with Crippen molar-refractivity contribution in [1.82, 2.24) is 4.90 Å². The fourth-order valence-electron chi connectivity index (χ4n) is 2.58. The van der Waals surface area contributed by atoms with Crippen molar-refractivity contribution in [1.29, 1.82) is 0 Å². The third kappa shape index (κ3) is 3.33. The molecule has 0 spiro atoms. The first-order valence-corrected chi connectivity index (χ1v) is 9.02. The number of hydrogen-bond donors (Lipinski definition) is 1. The van der Waals surface area contributed by atoms with Crippen LogP contribution in [0, 0.1) is 3.57 Å². The summed E-state index contributed by atoms with van der Waals surface area (Å²) in [4.78, 5) is 27.3. The Kier molecular flexibility index (Phi) is 4.77. The molecule has 1 saturated heterocycles. The molecule has 1 N–H and O–H groups in total. The number of benzene rings is 1. The average molecular weight is 426 g/mol. The lowest BCUT2D eigenvalue weighted by atomic mass is 10.2. The van der Waals surface area contributed by atoms with Gasteiger partial charge in [0.05, 0.1) is 4.88 Å². The summed E-state index contributed by atoms with van der Waals surface area (Å²) in [6.07, 6.45) is 1.58. The topological polar surface area (TPSA) is 49.4 Å². The van der Waals surface area contributed by atoms with Gasteiger partial charge in [0.1, 0.15) is 6.04 Å². The van der Waals surface area contributed by atoms with Crippen molar-refractivity contribution in [2.24, 2.45) is 0 Å². The van der Waals surface area contributed by atoms with Crippen molar-refractivity contribution in [3.63, 3.8) is 0 Å². The number of nitrogens with zero attached hydrogens (tertiary/aromatic N) is 1. The highest BCUT2D eigenvalue weighted by atomic mass is 127. The molecule has 1 aliphatic heterocycles. The third-order valence-corrected chi connectivity index (χ3v) is 5.24. The lowest BCUT2D eigenvalue weighted by molar-refractivity contribution is -0.119. The fraction of sp³-hybridized carbons (Fsp3) is 0.250. The molecule has 2 aromatic rings. The van der Waals surface area contributed by atoms with Gasteiger partial charge in [0.25, 0.3) is 5.91 Å². The highest BCUT2D eigenvalue weighted by molar-refractivity contribution is 14.1. The molecule has 0 saturated carbocycles. The summed E-state index contributed by atoms with van der Waals surface area (Å²) >= 11 is 3.64. The molecule has 1 unspecified atom stereocenters.